The maximum absolute atomic E-state index is 11.8. The maximum atomic E-state index is 11.8. The van der Waals surface area contributed by atoms with E-state index >= 15 is 0 Å². The Balaban J connectivity index is 1.77. The van der Waals surface area contributed by atoms with Crippen LogP contribution in [0.5, 0.6) is 5.75 Å². The van der Waals surface area contributed by atoms with E-state index < -0.39 is 0 Å². The predicted molar refractivity (Wildman–Crippen MR) is 80.6 cm³/mol. The molecule has 1 saturated heterocycles. The minimum Gasteiger partial charge on any atom is -0.493 e. The van der Waals surface area contributed by atoms with Crippen LogP contribution in [0.3, 0.4) is 0 Å². The zero-order valence-electron chi connectivity index (χ0n) is 12.5. The number of para-hydroxylation sites is 1. The molecule has 3 nitrogen and oxygen atoms in total. The largest absolute Gasteiger partial charge is 0.493 e. The molecule has 1 aliphatic heterocycles. The van der Waals surface area contributed by atoms with Crippen molar-refractivity contribution >= 4 is 5.78 Å². The first-order chi connectivity index (χ1) is 9.81. The van der Waals surface area contributed by atoms with Crippen molar-refractivity contribution in [3.8, 4) is 5.75 Å². The van der Waals surface area contributed by atoms with Crippen LogP contribution in [0, 0.1) is 0 Å². The monoisotopic (exact) mass is 276 g/mol. The summed E-state index contributed by atoms with van der Waals surface area (Å²) in [5.74, 6) is 0.898. The highest BCUT2D eigenvalue weighted by molar-refractivity contribution is 5.98. The van der Waals surface area contributed by atoms with Crippen molar-refractivity contribution in [1.29, 1.82) is 0 Å². The third kappa shape index (κ3) is 4.34. The van der Waals surface area contributed by atoms with E-state index in [0.29, 0.717) is 13.0 Å². The van der Waals surface area contributed by atoms with Gasteiger partial charge in [0.15, 0.2) is 5.78 Å². The number of carbonyl (C=O) groups is 1. The summed E-state index contributed by atoms with van der Waals surface area (Å²) in [6, 6.07) is 7.58. The second kappa shape index (κ2) is 8.05. The molecule has 1 aromatic carbocycles. The van der Waals surface area contributed by atoms with Crippen molar-refractivity contribution in [2.45, 2.75) is 39.0 Å². The Kier molecular flexibility index (Phi) is 6.06. The average molecular weight is 276 g/mol. The van der Waals surface area contributed by atoms with Crippen LogP contribution in [0.1, 0.15) is 49.4 Å². The van der Waals surface area contributed by atoms with Crippen molar-refractivity contribution in [3.05, 3.63) is 29.8 Å². The molecular weight excluding hydrogens is 250 g/mol. The minimum atomic E-state index is 0.155. The number of carbonyl (C=O) groups excluding carboxylic acids is 1. The molecule has 2 rings (SSSR count). The van der Waals surface area contributed by atoms with E-state index in [-0.39, 0.29) is 5.78 Å². The topological polar surface area (TPSA) is 30.7 Å². The van der Waals surface area contributed by atoms with E-state index in [4.69, 9.17) is 4.74 Å². The molecule has 110 valence electrons. The number of hydrogen-bond donors (Lipinski definition) is 1. The van der Waals surface area contributed by atoms with Gasteiger partial charge in [-0.1, -0.05) is 19.1 Å². The number of quaternary nitrogens is 1. The zero-order chi connectivity index (χ0) is 14.2. The van der Waals surface area contributed by atoms with Gasteiger partial charge in [0.2, 0.25) is 0 Å². The van der Waals surface area contributed by atoms with Crippen molar-refractivity contribution in [1.82, 2.24) is 0 Å². The number of nitrogens with one attached hydrogen (secondary N) is 1. The molecule has 1 fully saturated rings. The Morgan fingerprint density at radius 3 is 2.70 bits per heavy atom. The normalized spacial score (nSPS) is 16.1. The highest BCUT2D eigenvalue weighted by Crippen LogP contribution is 2.19. The second-order valence-corrected chi connectivity index (χ2v) is 5.54. The predicted octanol–water partition coefficient (Wildman–Crippen LogP) is 2.12. The molecule has 1 heterocycles. The molecule has 3 heteroatoms. The van der Waals surface area contributed by atoms with Gasteiger partial charge in [0.05, 0.1) is 31.8 Å². The third-order valence-electron chi connectivity index (χ3n) is 4.00. The number of rotatable bonds is 7. The van der Waals surface area contributed by atoms with Gasteiger partial charge in [0, 0.05) is 12.8 Å². The van der Waals surface area contributed by atoms with Gasteiger partial charge in [-0.3, -0.25) is 4.79 Å². The summed E-state index contributed by atoms with van der Waals surface area (Å²) in [6.07, 6.45) is 5.71. The van der Waals surface area contributed by atoms with Gasteiger partial charge in [-0.2, -0.15) is 0 Å². The fraction of sp³-hybridized carbons (Fsp3) is 0.588. The van der Waals surface area contributed by atoms with Crippen molar-refractivity contribution in [2.24, 2.45) is 0 Å². The first kappa shape index (κ1) is 15.0. The summed E-state index contributed by atoms with van der Waals surface area (Å²) < 4.78 is 5.82. The van der Waals surface area contributed by atoms with E-state index in [1.165, 1.54) is 38.9 Å². The standard InChI is InChI=1S/C17H25NO2/c1-2-16(19)15-9-4-5-10-17(15)20-14-8-13-18-11-6-3-7-12-18/h4-5,9-10H,2-3,6-8,11-14H2,1H3/p+1. The molecular formula is C17H26NO2+. The Morgan fingerprint density at radius 1 is 1.20 bits per heavy atom. The van der Waals surface area contributed by atoms with Crippen LogP contribution in [0.15, 0.2) is 24.3 Å². The highest BCUT2D eigenvalue weighted by atomic mass is 16.5. The average Bonchev–Trinajstić information content (AvgIpc) is 2.52. The molecule has 1 aromatic rings. The van der Waals surface area contributed by atoms with Gasteiger partial charge in [0.1, 0.15) is 5.75 Å². The Bertz CT molecular complexity index is 425. The van der Waals surface area contributed by atoms with Gasteiger partial charge < -0.3 is 9.64 Å². The number of hydrogen-bond acceptors (Lipinski definition) is 2. The van der Waals surface area contributed by atoms with Gasteiger partial charge in [-0.15, -0.1) is 0 Å². The van der Waals surface area contributed by atoms with E-state index in [9.17, 15) is 4.79 Å². The van der Waals surface area contributed by atoms with Gasteiger partial charge >= 0.3 is 0 Å². The van der Waals surface area contributed by atoms with Crippen LogP contribution >= 0.6 is 0 Å². The number of likely N-dealkylation sites (tertiary alicyclic amines) is 1. The van der Waals surface area contributed by atoms with Crippen LogP contribution in [0.4, 0.5) is 0 Å². The molecule has 0 radical (unpaired) electrons. The summed E-state index contributed by atoms with van der Waals surface area (Å²) >= 11 is 0. The number of ether oxygens (including phenoxy) is 1. The van der Waals surface area contributed by atoms with Crippen LogP contribution < -0.4 is 9.64 Å². The molecule has 0 aromatic heterocycles. The molecule has 0 amide bonds. The first-order valence-electron chi connectivity index (χ1n) is 7.90. The summed E-state index contributed by atoms with van der Waals surface area (Å²) in [4.78, 5) is 13.5. The van der Waals surface area contributed by atoms with E-state index in [0.717, 1.165) is 17.7 Å². The number of Topliss-reactive ketones (excluding diaryl/α,β-unsaturated/α-hetero) is 1. The van der Waals surface area contributed by atoms with E-state index in [1.54, 1.807) is 4.90 Å². The maximum Gasteiger partial charge on any atom is 0.166 e. The lowest BCUT2D eigenvalue weighted by atomic mass is 10.1. The Morgan fingerprint density at radius 2 is 1.95 bits per heavy atom. The number of piperidine rings is 1. The van der Waals surface area contributed by atoms with E-state index in [2.05, 4.69) is 0 Å². The van der Waals surface area contributed by atoms with Gasteiger partial charge in [-0.25, -0.2) is 0 Å². The number of benzene rings is 1. The van der Waals surface area contributed by atoms with Crippen LogP contribution in [0.2, 0.25) is 0 Å². The Labute approximate surface area is 121 Å². The van der Waals surface area contributed by atoms with E-state index in [1.807, 2.05) is 31.2 Å². The quantitative estimate of drug-likeness (QED) is 0.611. The van der Waals surface area contributed by atoms with Crippen LogP contribution in [-0.2, 0) is 0 Å². The molecule has 0 spiro atoms. The molecule has 0 bridgehead atoms. The minimum absolute atomic E-state index is 0.155. The molecule has 0 unspecified atom stereocenters. The lowest BCUT2D eigenvalue weighted by Gasteiger charge is -2.23. The molecule has 1 aliphatic rings. The third-order valence-corrected chi connectivity index (χ3v) is 4.00. The zero-order valence-corrected chi connectivity index (χ0v) is 12.5. The molecule has 1 N–H and O–H groups in total. The summed E-state index contributed by atoms with van der Waals surface area (Å²) in [7, 11) is 0. The summed E-state index contributed by atoms with van der Waals surface area (Å²) in [5.41, 5.74) is 0.723. The lowest BCUT2D eigenvalue weighted by Crippen LogP contribution is -3.12. The second-order valence-electron chi connectivity index (χ2n) is 5.54. The van der Waals surface area contributed by atoms with Gasteiger partial charge in [-0.05, 0) is 31.4 Å². The molecule has 0 atom stereocenters. The SMILES string of the molecule is CCC(=O)c1ccccc1OCCC[NH+]1CCCCC1. The summed E-state index contributed by atoms with van der Waals surface area (Å²) in [6.45, 7) is 6.40. The van der Waals surface area contributed by atoms with Crippen molar-refractivity contribution in [2.75, 3.05) is 26.2 Å². The number of ketones is 1. The highest BCUT2D eigenvalue weighted by Gasteiger charge is 2.13. The fourth-order valence-electron chi connectivity index (χ4n) is 2.82. The smallest absolute Gasteiger partial charge is 0.166 e. The fourth-order valence-corrected chi connectivity index (χ4v) is 2.82. The van der Waals surface area contributed by atoms with Crippen molar-refractivity contribution in [3.63, 3.8) is 0 Å². The van der Waals surface area contributed by atoms with Crippen LogP contribution in [0.25, 0.3) is 0 Å². The lowest BCUT2D eigenvalue weighted by molar-refractivity contribution is -0.905. The van der Waals surface area contributed by atoms with Crippen LogP contribution in [-0.4, -0.2) is 32.0 Å². The summed E-state index contributed by atoms with van der Waals surface area (Å²) in [5, 5.41) is 0. The van der Waals surface area contributed by atoms with Crippen molar-refractivity contribution < 1.29 is 14.4 Å². The van der Waals surface area contributed by atoms with Gasteiger partial charge in [0.25, 0.3) is 0 Å². The molecule has 0 saturated carbocycles. The Hall–Kier alpha value is -1.35. The molecule has 20 heavy (non-hydrogen) atoms. The molecule has 0 aliphatic carbocycles. The first-order valence-corrected chi connectivity index (χ1v) is 7.90.